The molecule has 1 aliphatic heterocycles. The zero-order valence-electron chi connectivity index (χ0n) is 13.3. The lowest BCUT2D eigenvalue weighted by atomic mass is 9.85. The second-order valence-corrected chi connectivity index (χ2v) is 6.69. The number of hydrogen-bond donors (Lipinski definition) is 1. The highest BCUT2D eigenvalue weighted by atomic mass is 16.5. The minimum atomic E-state index is -0.0163. The number of ether oxygens (including phenoxy) is 1. The predicted octanol–water partition coefficient (Wildman–Crippen LogP) is 3.73. The van der Waals surface area contributed by atoms with Crippen molar-refractivity contribution in [3.63, 3.8) is 0 Å². The molecule has 1 saturated heterocycles. The summed E-state index contributed by atoms with van der Waals surface area (Å²) in [7, 11) is 1.72. The molecule has 1 heterocycles. The van der Waals surface area contributed by atoms with Gasteiger partial charge in [0.25, 0.3) is 0 Å². The second kappa shape index (κ2) is 6.04. The maximum absolute atomic E-state index is 6.18. The van der Waals surface area contributed by atoms with Gasteiger partial charge in [0.1, 0.15) is 5.75 Å². The van der Waals surface area contributed by atoms with Crippen LogP contribution in [-0.4, -0.2) is 20.2 Å². The Morgan fingerprint density at radius 3 is 2.65 bits per heavy atom. The van der Waals surface area contributed by atoms with Gasteiger partial charge >= 0.3 is 0 Å². The minimum absolute atomic E-state index is 0.0163. The van der Waals surface area contributed by atoms with Crippen LogP contribution in [0.15, 0.2) is 18.2 Å². The summed E-state index contributed by atoms with van der Waals surface area (Å²) in [6.45, 7) is 8.97. The van der Waals surface area contributed by atoms with Crippen molar-refractivity contribution < 1.29 is 4.74 Å². The molecule has 20 heavy (non-hydrogen) atoms. The van der Waals surface area contributed by atoms with Crippen molar-refractivity contribution in [2.75, 3.05) is 25.1 Å². The molecule has 0 saturated carbocycles. The maximum atomic E-state index is 6.18. The van der Waals surface area contributed by atoms with Crippen molar-refractivity contribution in [3.8, 4) is 5.75 Å². The van der Waals surface area contributed by atoms with Crippen LogP contribution in [0, 0.1) is 5.41 Å². The Bertz CT molecular complexity index is 454. The average Bonchev–Trinajstić information content (AvgIpc) is 2.58. The van der Waals surface area contributed by atoms with Gasteiger partial charge in [-0.2, -0.15) is 0 Å². The molecule has 2 rings (SSSR count). The monoisotopic (exact) mass is 276 g/mol. The Morgan fingerprint density at radius 2 is 2.00 bits per heavy atom. The molecule has 0 amide bonds. The Hall–Kier alpha value is -1.22. The first-order chi connectivity index (χ1) is 9.44. The van der Waals surface area contributed by atoms with Gasteiger partial charge in [-0.1, -0.05) is 19.9 Å². The number of benzene rings is 1. The average molecular weight is 276 g/mol. The van der Waals surface area contributed by atoms with E-state index in [4.69, 9.17) is 10.5 Å². The van der Waals surface area contributed by atoms with Gasteiger partial charge in [-0.25, -0.2) is 0 Å². The van der Waals surface area contributed by atoms with Crippen molar-refractivity contribution >= 4 is 5.69 Å². The van der Waals surface area contributed by atoms with Crippen LogP contribution in [0.4, 0.5) is 5.69 Å². The van der Waals surface area contributed by atoms with E-state index in [0.717, 1.165) is 24.4 Å². The predicted molar refractivity (Wildman–Crippen MR) is 85.4 cm³/mol. The molecule has 0 unspecified atom stereocenters. The quantitative estimate of drug-likeness (QED) is 0.914. The Kier molecular flexibility index (Phi) is 4.59. The van der Waals surface area contributed by atoms with Crippen molar-refractivity contribution in [1.82, 2.24) is 0 Å². The number of methoxy groups -OCH3 is 1. The zero-order chi connectivity index (χ0) is 14.8. The first-order valence-electron chi connectivity index (χ1n) is 7.62. The van der Waals surface area contributed by atoms with E-state index in [1.807, 2.05) is 13.0 Å². The van der Waals surface area contributed by atoms with Gasteiger partial charge in [0.15, 0.2) is 0 Å². The van der Waals surface area contributed by atoms with E-state index in [-0.39, 0.29) is 6.04 Å². The molecule has 0 spiro atoms. The van der Waals surface area contributed by atoms with Gasteiger partial charge in [-0.15, -0.1) is 0 Å². The van der Waals surface area contributed by atoms with E-state index in [9.17, 15) is 0 Å². The zero-order valence-corrected chi connectivity index (χ0v) is 13.3. The van der Waals surface area contributed by atoms with Crippen molar-refractivity contribution in [2.24, 2.45) is 11.1 Å². The molecule has 2 N–H and O–H groups in total. The molecule has 0 radical (unpaired) electrons. The van der Waals surface area contributed by atoms with Crippen molar-refractivity contribution in [3.05, 3.63) is 23.8 Å². The molecule has 0 aromatic heterocycles. The summed E-state index contributed by atoms with van der Waals surface area (Å²) in [5, 5.41) is 0. The summed E-state index contributed by atoms with van der Waals surface area (Å²) in [5.41, 5.74) is 9.01. The van der Waals surface area contributed by atoms with Crippen LogP contribution < -0.4 is 15.4 Å². The lowest BCUT2D eigenvalue weighted by Gasteiger charge is -2.28. The topological polar surface area (TPSA) is 38.5 Å². The SMILES string of the molecule is COc1cccc(N2CCCC(C)(C)CC2)c1[C@H](C)N. The molecular formula is C17H28N2O. The number of nitrogens with two attached hydrogens (primary N) is 1. The van der Waals surface area contributed by atoms with E-state index < -0.39 is 0 Å². The van der Waals surface area contributed by atoms with E-state index >= 15 is 0 Å². The van der Waals surface area contributed by atoms with Gasteiger partial charge in [0.2, 0.25) is 0 Å². The third-order valence-corrected chi connectivity index (χ3v) is 4.40. The van der Waals surface area contributed by atoms with Crippen LogP contribution in [0.5, 0.6) is 5.75 Å². The lowest BCUT2D eigenvalue weighted by Crippen LogP contribution is -2.27. The molecule has 1 aromatic carbocycles. The van der Waals surface area contributed by atoms with E-state index in [1.54, 1.807) is 7.11 Å². The molecule has 112 valence electrons. The third kappa shape index (κ3) is 3.26. The van der Waals surface area contributed by atoms with Crippen LogP contribution >= 0.6 is 0 Å². The first kappa shape index (κ1) is 15.2. The molecule has 1 aromatic rings. The summed E-state index contributed by atoms with van der Waals surface area (Å²) in [4.78, 5) is 2.48. The van der Waals surface area contributed by atoms with Crippen LogP contribution in [0.25, 0.3) is 0 Å². The fraction of sp³-hybridized carbons (Fsp3) is 0.647. The molecular weight excluding hydrogens is 248 g/mol. The fourth-order valence-corrected chi connectivity index (χ4v) is 3.11. The highest BCUT2D eigenvalue weighted by Crippen LogP contribution is 2.37. The van der Waals surface area contributed by atoms with Crippen molar-refractivity contribution in [2.45, 2.75) is 46.1 Å². The number of nitrogens with zero attached hydrogens (tertiary/aromatic N) is 1. The van der Waals surface area contributed by atoms with Crippen LogP contribution in [0.3, 0.4) is 0 Å². The standard InChI is InChI=1S/C17H28N2O/c1-13(18)16-14(7-5-8-15(16)20-4)19-11-6-9-17(2,3)10-12-19/h5,7-8,13H,6,9-12,18H2,1-4H3/t13-/m0/s1. The molecule has 0 aliphatic carbocycles. The summed E-state index contributed by atoms with van der Waals surface area (Å²) in [6.07, 6.45) is 3.76. The minimum Gasteiger partial charge on any atom is -0.496 e. The summed E-state index contributed by atoms with van der Waals surface area (Å²) in [5.74, 6) is 0.904. The van der Waals surface area contributed by atoms with Gasteiger partial charge < -0.3 is 15.4 Å². The van der Waals surface area contributed by atoms with E-state index in [1.165, 1.54) is 24.9 Å². The summed E-state index contributed by atoms with van der Waals surface area (Å²) < 4.78 is 5.50. The smallest absolute Gasteiger partial charge is 0.125 e. The third-order valence-electron chi connectivity index (χ3n) is 4.40. The number of hydrogen-bond acceptors (Lipinski definition) is 3. The maximum Gasteiger partial charge on any atom is 0.125 e. The normalized spacial score (nSPS) is 20.4. The van der Waals surface area contributed by atoms with Crippen LogP contribution in [0.2, 0.25) is 0 Å². The van der Waals surface area contributed by atoms with Gasteiger partial charge in [0, 0.05) is 30.4 Å². The summed E-state index contributed by atoms with van der Waals surface area (Å²) >= 11 is 0. The highest BCUT2D eigenvalue weighted by Gasteiger charge is 2.25. The van der Waals surface area contributed by atoms with Gasteiger partial charge in [-0.3, -0.25) is 0 Å². The fourth-order valence-electron chi connectivity index (χ4n) is 3.11. The summed E-state index contributed by atoms with van der Waals surface area (Å²) in [6, 6.07) is 6.23. The van der Waals surface area contributed by atoms with E-state index in [2.05, 4.69) is 30.9 Å². The highest BCUT2D eigenvalue weighted by molar-refractivity contribution is 5.60. The van der Waals surface area contributed by atoms with Crippen LogP contribution in [-0.2, 0) is 0 Å². The molecule has 0 bridgehead atoms. The van der Waals surface area contributed by atoms with Crippen LogP contribution in [0.1, 0.15) is 51.6 Å². The number of anilines is 1. The Labute approximate surface area is 123 Å². The molecule has 1 fully saturated rings. The molecule has 1 atom stereocenters. The van der Waals surface area contributed by atoms with Gasteiger partial charge in [0.05, 0.1) is 7.11 Å². The van der Waals surface area contributed by atoms with Crippen molar-refractivity contribution in [1.29, 1.82) is 0 Å². The largest absolute Gasteiger partial charge is 0.496 e. The van der Waals surface area contributed by atoms with Gasteiger partial charge in [-0.05, 0) is 43.7 Å². The first-order valence-corrected chi connectivity index (χ1v) is 7.62. The Morgan fingerprint density at radius 1 is 1.25 bits per heavy atom. The Balaban J connectivity index is 2.32. The van der Waals surface area contributed by atoms with E-state index in [0.29, 0.717) is 5.41 Å². The molecule has 1 aliphatic rings. The second-order valence-electron chi connectivity index (χ2n) is 6.69. The molecule has 3 heteroatoms. The lowest BCUT2D eigenvalue weighted by molar-refractivity contribution is 0.325. The number of rotatable bonds is 3. The molecule has 3 nitrogen and oxygen atoms in total.